The first-order valence-electron chi connectivity index (χ1n) is 8.49. The van der Waals surface area contributed by atoms with Crippen LogP contribution in [0.4, 0.5) is 0 Å². The van der Waals surface area contributed by atoms with Gasteiger partial charge in [-0.05, 0) is 67.4 Å². The number of halogens is 2. The number of benzene rings is 2. The number of rotatable bonds is 6. The van der Waals surface area contributed by atoms with Crippen LogP contribution < -0.4 is 10.2 Å². The molecule has 3 aromatic rings. The van der Waals surface area contributed by atoms with E-state index in [0.29, 0.717) is 27.3 Å². The van der Waals surface area contributed by atoms with Gasteiger partial charge in [-0.1, -0.05) is 29.3 Å². The number of carbonyl (C=O) groups is 1. The molecule has 0 aliphatic heterocycles. The number of ether oxygens (including phenoxy) is 1. The number of carbonyl (C=O) groups excluding carboxylic acids is 1. The maximum atomic E-state index is 11.8. The van der Waals surface area contributed by atoms with Crippen LogP contribution in [-0.4, -0.2) is 18.7 Å². The molecule has 0 spiro atoms. The van der Waals surface area contributed by atoms with Crippen LogP contribution in [0.3, 0.4) is 0 Å². The van der Waals surface area contributed by atoms with Crippen molar-refractivity contribution in [1.82, 2.24) is 5.43 Å². The van der Waals surface area contributed by atoms with Gasteiger partial charge in [0.2, 0.25) is 0 Å². The fourth-order valence-corrected chi connectivity index (χ4v) is 2.68. The van der Waals surface area contributed by atoms with E-state index in [1.54, 1.807) is 30.3 Å². The molecule has 1 N–H and O–H groups in total. The third kappa shape index (κ3) is 5.15. The summed E-state index contributed by atoms with van der Waals surface area (Å²) in [7, 11) is 0. The predicted molar refractivity (Wildman–Crippen MR) is 111 cm³/mol. The number of nitrogens with zero attached hydrogens (tertiary/aromatic N) is 1. The molecule has 0 atom stereocenters. The van der Waals surface area contributed by atoms with Crippen molar-refractivity contribution in [2.45, 2.75) is 13.8 Å². The minimum absolute atomic E-state index is 0.132. The lowest BCUT2D eigenvalue weighted by Crippen LogP contribution is -2.24. The SMILES string of the molecule is Cc1ccc(OCC(=O)N/N=C/c2ccc(-c3ccc(Cl)c(Cl)c3)o2)cc1C. The van der Waals surface area contributed by atoms with E-state index >= 15 is 0 Å². The summed E-state index contributed by atoms with van der Waals surface area (Å²) in [5.41, 5.74) is 5.46. The molecule has 28 heavy (non-hydrogen) atoms. The van der Waals surface area contributed by atoms with Crippen LogP contribution in [0.2, 0.25) is 10.0 Å². The van der Waals surface area contributed by atoms with E-state index in [1.807, 2.05) is 32.0 Å². The van der Waals surface area contributed by atoms with Crippen molar-refractivity contribution in [2.75, 3.05) is 6.61 Å². The number of hydrogen-bond acceptors (Lipinski definition) is 4. The molecule has 0 radical (unpaired) electrons. The number of furan rings is 1. The molecule has 0 aliphatic carbocycles. The molecule has 1 heterocycles. The Morgan fingerprint density at radius 1 is 1.07 bits per heavy atom. The number of nitrogens with one attached hydrogen (secondary N) is 1. The van der Waals surface area contributed by atoms with Gasteiger partial charge in [0, 0.05) is 5.56 Å². The zero-order valence-electron chi connectivity index (χ0n) is 15.3. The molecule has 0 saturated heterocycles. The lowest BCUT2D eigenvalue weighted by atomic mass is 10.1. The third-order valence-electron chi connectivity index (χ3n) is 4.06. The van der Waals surface area contributed by atoms with E-state index in [2.05, 4.69) is 10.5 Å². The van der Waals surface area contributed by atoms with Crippen molar-refractivity contribution in [2.24, 2.45) is 5.10 Å². The van der Waals surface area contributed by atoms with Gasteiger partial charge in [0.05, 0.1) is 16.3 Å². The molecular formula is C21H18Cl2N2O3. The second-order valence-electron chi connectivity index (χ2n) is 6.16. The van der Waals surface area contributed by atoms with E-state index < -0.39 is 0 Å². The second kappa shape index (κ2) is 8.95. The minimum atomic E-state index is -0.370. The number of hydrazone groups is 1. The molecule has 0 saturated carbocycles. The highest BCUT2D eigenvalue weighted by Crippen LogP contribution is 2.29. The van der Waals surface area contributed by atoms with Crippen LogP contribution in [0.25, 0.3) is 11.3 Å². The molecule has 3 rings (SSSR count). The highest BCUT2D eigenvalue weighted by molar-refractivity contribution is 6.42. The molecule has 0 unspecified atom stereocenters. The predicted octanol–water partition coefficient (Wildman–Crippen LogP) is 5.40. The Morgan fingerprint density at radius 3 is 2.64 bits per heavy atom. The van der Waals surface area contributed by atoms with Gasteiger partial charge in [-0.2, -0.15) is 5.10 Å². The van der Waals surface area contributed by atoms with Gasteiger partial charge < -0.3 is 9.15 Å². The average Bonchev–Trinajstić information content (AvgIpc) is 3.14. The molecule has 1 amide bonds. The minimum Gasteiger partial charge on any atom is -0.484 e. The number of hydrogen-bond donors (Lipinski definition) is 1. The molecule has 7 heteroatoms. The first-order chi connectivity index (χ1) is 13.4. The van der Waals surface area contributed by atoms with Crippen LogP contribution >= 0.6 is 23.2 Å². The Kier molecular flexibility index (Phi) is 6.39. The van der Waals surface area contributed by atoms with E-state index in [1.165, 1.54) is 11.8 Å². The third-order valence-corrected chi connectivity index (χ3v) is 4.80. The van der Waals surface area contributed by atoms with Crippen molar-refractivity contribution < 1.29 is 13.9 Å². The fourth-order valence-electron chi connectivity index (χ4n) is 2.38. The zero-order chi connectivity index (χ0) is 20.1. The van der Waals surface area contributed by atoms with Crippen molar-refractivity contribution >= 4 is 35.3 Å². The Morgan fingerprint density at radius 2 is 1.89 bits per heavy atom. The molecule has 5 nitrogen and oxygen atoms in total. The van der Waals surface area contributed by atoms with Gasteiger partial charge in [0.25, 0.3) is 5.91 Å². The smallest absolute Gasteiger partial charge is 0.277 e. The zero-order valence-corrected chi connectivity index (χ0v) is 16.8. The Hall–Kier alpha value is -2.76. The quantitative estimate of drug-likeness (QED) is 0.432. The van der Waals surface area contributed by atoms with Crippen molar-refractivity contribution in [3.63, 3.8) is 0 Å². The topological polar surface area (TPSA) is 63.8 Å². The maximum Gasteiger partial charge on any atom is 0.277 e. The van der Waals surface area contributed by atoms with E-state index in [-0.39, 0.29) is 12.5 Å². The Balaban J connectivity index is 1.53. The van der Waals surface area contributed by atoms with E-state index in [9.17, 15) is 4.79 Å². The highest BCUT2D eigenvalue weighted by Gasteiger charge is 2.07. The van der Waals surface area contributed by atoms with Crippen LogP contribution in [0.15, 0.2) is 58.0 Å². The molecule has 0 bridgehead atoms. The summed E-state index contributed by atoms with van der Waals surface area (Å²) in [6, 6.07) is 14.4. The fraction of sp³-hybridized carbons (Fsp3) is 0.143. The summed E-state index contributed by atoms with van der Waals surface area (Å²) in [5, 5.41) is 4.80. The van der Waals surface area contributed by atoms with E-state index in [0.717, 1.165) is 11.1 Å². The van der Waals surface area contributed by atoms with Crippen LogP contribution in [0.1, 0.15) is 16.9 Å². The van der Waals surface area contributed by atoms with Crippen LogP contribution in [-0.2, 0) is 4.79 Å². The summed E-state index contributed by atoms with van der Waals surface area (Å²) >= 11 is 11.9. The molecule has 2 aromatic carbocycles. The highest BCUT2D eigenvalue weighted by atomic mass is 35.5. The van der Waals surface area contributed by atoms with Gasteiger partial charge in [-0.25, -0.2) is 5.43 Å². The normalized spacial score (nSPS) is 11.0. The van der Waals surface area contributed by atoms with Crippen molar-refractivity contribution in [3.8, 4) is 17.1 Å². The lowest BCUT2D eigenvalue weighted by molar-refractivity contribution is -0.123. The summed E-state index contributed by atoms with van der Waals surface area (Å²) < 4.78 is 11.1. The lowest BCUT2D eigenvalue weighted by Gasteiger charge is -2.07. The van der Waals surface area contributed by atoms with Crippen LogP contribution in [0.5, 0.6) is 5.75 Å². The van der Waals surface area contributed by atoms with Gasteiger partial charge in [0.1, 0.15) is 17.3 Å². The second-order valence-corrected chi connectivity index (χ2v) is 6.97. The first kappa shape index (κ1) is 20.0. The van der Waals surface area contributed by atoms with Crippen molar-refractivity contribution in [3.05, 3.63) is 75.5 Å². The summed E-state index contributed by atoms with van der Waals surface area (Å²) in [4.78, 5) is 11.8. The first-order valence-corrected chi connectivity index (χ1v) is 9.25. The largest absolute Gasteiger partial charge is 0.484 e. The van der Waals surface area contributed by atoms with Crippen molar-refractivity contribution in [1.29, 1.82) is 0 Å². The number of amides is 1. The Bertz CT molecular complexity index is 1030. The van der Waals surface area contributed by atoms with E-state index in [4.69, 9.17) is 32.4 Å². The molecule has 144 valence electrons. The van der Waals surface area contributed by atoms with Gasteiger partial charge in [-0.15, -0.1) is 0 Å². The Labute approximate surface area is 172 Å². The standard InChI is InChI=1S/C21H18Cl2N2O3/c1-13-3-5-16(9-14(13)2)27-12-21(26)25-24-11-17-6-8-20(28-17)15-4-7-18(22)19(23)10-15/h3-11H,12H2,1-2H3,(H,25,26)/b24-11+. The summed E-state index contributed by atoms with van der Waals surface area (Å²) in [5.74, 6) is 1.37. The monoisotopic (exact) mass is 416 g/mol. The molecule has 0 fully saturated rings. The summed E-state index contributed by atoms with van der Waals surface area (Å²) in [6.07, 6.45) is 1.41. The number of aryl methyl sites for hydroxylation is 2. The van der Waals surface area contributed by atoms with Gasteiger partial charge >= 0.3 is 0 Å². The summed E-state index contributed by atoms with van der Waals surface area (Å²) in [6.45, 7) is 3.87. The van der Waals surface area contributed by atoms with Gasteiger partial charge in [0.15, 0.2) is 6.61 Å². The molecular weight excluding hydrogens is 399 g/mol. The molecule has 0 aliphatic rings. The molecule has 1 aromatic heterocycles. The van der Waals surface area contributed by atoms with Crippen LogP contribution in [0, 0.1) is 13.8 Å². The average molecular weight is 417 g/mol. The maximum absolute atomic E-state index is 11.8. The van der Waals surface area contributed by atoms with Gasteiger partial charge in [-0.3, -0.25) is 4.79 Å².